The van der Waals surface area contributed by atoms with Gasteiger partial charge in [-0.15, -0.1) is 6.58 Å². The zero-order valence-electron chi connectivity index (χ0n) is 9.64. The first kappa shape index (κ1) is 12.2. The highest BCUT2D eigenvalue weighted by molar-refractivity contribution is 8.01. The standard InChI is InChI=1S/C13H14N2S2/c1-3-7-16-13-15-11(12(14)17-13)10-6-4-5-9(2)8-10/h3-6,8H,1,7,14H2,2H3. The Kier molecular flexibility index (Phi) is 3.86. The number of hydrogen-bond donors (Lipinski definition) is 1. The summed E-state index contributed by atoms with van der Waals surface area (Å²) in [5.41, 5.74) is 9.21. The lowest BCUT2D eigenvalue weighted by Crippen LogP contribution is -1.86. The van der Waals surface area contributed by atoms with Crippen molar-refractivity contribution in [2.45, 2.75) is 11.3 Å². The molecule has 88 valence electrons. The summed E-state index contributed by atoms with van der Waals surface area (Å²) in [6.45, 7) is 5.77. The van der Waals surface area contributed by atoms with Crippen LogP contribution >= 0.6 is 23.1 Å². The number of aryl methyl sites for hydroxylation is 1. The van der Waals surface area contributed by atoms with Gasteiger partial charge in [-0.3, -0.25) is 0 Å². The molecule has 0 unspecified atom stereocenters. The molecule has 2 nitrogen and oxygen atoms in total. The van der Waals surface area contributed by atoms with Gasteiger partial charge in [-0.25, -0.2) is 4.98 Å². The summed E-state index contributed by atoms with van der Waals surface area (Å²) in [6.07, 6.45) is 1.87. The Labute approximate surface area is 110 Å². The van der Waals surface area contributed by atoms with Crippen molar-refractivity contribution in [1.29, 1.82) is 0 Å². The Balaban J connectivity index is 2.32. The molecule has 0 aliphatic rings. The van der Waals surface area contributed by atoms with Gasteiger partial charge in [0.2, 0.25) is 0 Å². The van der Waals surface area contributed by atoms with E-state index in [1.165, 1.54) is 16.9 Å². The van der Waals surface area contributed by atoms with E-state index < -0.39 is 0 Å². The Morgan fingerprint density at radius 3 is 3.06 bits per heavy atom. The van der Waals surface area contributed by atoms with E-state index in [1.807, 2.05) is 18.2 Å². The molecule has 4 heteroatoms. The topological polar surface area (TPSA) is 38.9 Å². The summed E-state index contributed by atoms with van der Waals surface area (Å²) in [5, 5.41) is 0.780. The molecule has 0 radical (unpaired) electrons. The van der Waals surface area contributed by atoms with Crippen molar-refractivity contribution in [2.24, 2.45) is 0 Å². The molecule has 0 spiro atoms. The molecule has 0 saturated carbocycles. The molecule has 0 aliphatic carbocycles. The predicted molar refractivity (Wildman–Crippen MR) is 77.6 cm³/mol. The van der Waals surface area contributed by atoms with Crippen molar-refractivity contribution < 1.29 is 0 Å². The van der Waals surface area contributed by atoms with Crippen LogP contribution in [0.1, 0.15) is 5.56 Å². The van der Waals surface area contributed by atoms with Crippen LogP contribution in [0.15, 0.2) is 41.3 Å². The monoisotopic (exact) mass is 262 g/mol. The molecule has 0 amide bonds. The number of nitrogens with zero attached hydrogens (tertiary/aromatic N) is 1. The van der Waals surface area contributed by atoms with E-state index in [2.05, 4.69) is 30.6 Å². The van der Waals surface area contributed by atoms with Crippen LogP contribution in [0, 0.1) is 6.92 Å². The van der Waals surface area contributed by atoms with Gasteiger partial charge in [-0.2, -0.15) is 0 Å². The van der Waals surface area contributed by atoms with Gasteiger partial charge in [0, 0.05) is 11.3 Å². The summed E-state index contributed by atoms with van der Waals surface area (Å²) in [6, 6.07) is 8.24. The van der Waals surface area contributed by atoms with E-state index >= 15 is 0 Å². The fourth-order valence-corrected chi connectivity index (χ4v) is 3.21. The maximum Gasteiger partial charge on any atom is 0.152 e. The number of thioether (sulfide) groups is 1. The van der Waals surface area contributed by atoms with Gasteiger partial charge in [0.1, 0.15) is 10.7 Å². The Morgan fingerprint density at radius 1 is 1.53 bits per heavy atom. The van der Waals surface area contributed by atoms with Crippen LogP contribution in [0.2, 0.25) is 0 Å². The lowest BCUT2D eigenvalue weighted by atomic mass is 10.1. The highest BCUT2D eigenvalue weighted by Gasteiger charge is 2.10. The molecular weight excluding hydrogens is 248 g/mol. The molecule has 1 heterocycles. The molecule has 1 aromatic heterocycles. The average molecular weight is 262 g/mol. The summed E-state index contributed by atoms with van der Waals surface area (Å²) >= 11 is 3.20. The summed E-state index contributed by atoms with van der Waals surface area (Å²) in [4.78, 5) is 4.57. The SMILES string of the molecule is C=CCSc1nc(-c2cccc(C)c2)c(N)s1. The van der Waals surface area contributed by atoms with Gasteiger partial charge < -0.3 is 5.73 Å². The van der Waals surface area contributed by atoms with Crippen molar-refractivity contribution in [3.05, 3.63) is 42.5 Å². The van der Waals surface area contributed by atoms with Crippen molar-refractivity contribution >= 4 is 28.1 Å². The number of thiazole rings is 1. The minimum absolute atomic E-state index is 0.780. The summed E-state index contributed by atoms with van der Waals surface area (Å²) < 4.78 is 0.999. The van der Waals surface area contributed by atoms with E-state index in [0.717, 1.165) is 26.4 Å². The molecular formula is C13H14N2S2. The first-order valence-electron chi connectivity index (χ1n) is 5.27. The van der Waals surface area contributed by atoms with Gasteiger partial charge in [0.25, 0.3) is 0 Å². The second-order valence-electron chi connectivity index (χ2n) is 3.66. The van der Waals surface area contributed by atoms with Crippen molar-refractivity contribution in [3.63, 3.8) is 0 Å². The second-order valence-corrected chi connectivity index (χ2v) is 5.96. The van der Waals surface area contributed by atoms with Crippen LogP contribution in [0.3, 0.4) is 0 Å². The van der Waals surface area contributed by atoms with Crippen LogP contribution in [-0.2, 0) is 0 Å². The van der Waals surface area contributed by atoms with E-state index in [1.54, 1.807) is 11.8 Å². The van der Waals surface area contributed by atoms with Gasteiger partial charge in [0.15, 0.2) is 4.34 Å². The second kappa shape index (κ2) is 5.38. The highest BCUT2D eigenvalue weighted by Crippen LogP contribution is 2.35. The average Bonchev–Trinajstić information content (AvgIpc) is 2.68. The molecule has 2 rings (SSSR count). The van der Waals surface area contributed by atoms with Crippen LogP contribution in [-0.4, -0.2) is 10.7 Å². The fourth-order valence-electron chi connectivity index (χ4n) is 1.50. The summed E-state index contributed by atoms with van der Waals surface area (Å²) in [7, 11) is 0. The largest absolute Gasteiger partial charge is 0.389 e. The third-order valence-electron chi connectivity index (χ3n) is 2.25. The molecule has 2 aromatic rings. The Bertz CT molecular complexity index is 532. The van der Waals surface area contributed by atoms with Crippen molar-refractivity contribution in [1.82, 2.24) is 4.98 Å². The van der Waals surface area contributed by atoms with Gasteiger partial charge in [-0.1, -0.05) is 52.9 Å². The molecule has 0 bridgehead atoms. The smallest absolute Gasteiger partial charge is 0.152 e. The zero-order chi connectivity index (χ0) is 12.3. The van der Waals surface area contributed by atoms with Crippen LogP contribution in [0.4, 0.5) is 5.00 Å². The van der Waals surface area contributed by atoms with Crippen LogP contribution < -0.4 is 5.73 Å². The van der Waals surface area contributed by atoms with Crippen molar-refractivity contribution in [2.75, 3.05) is 11.5 Å². The van der Waals surface area contributed by atoms with E-state index in [0.29, 0.717) is 0 Å². The first-order chi connectivity index (χ1) is 8.20. The van der Waals surface area contributed by atoms with Gasteiger partial charge >= 0.3 is 0 Å². The number of anilines is 1. The predicted octanol–water partition coefficient (Wildman–Crippen LogP) is 3.98. The van der Waals surface area contributed by atoms with E-state index in [4.69, 9.17) is 5.73 Å². The fraction of sp³-hybridized carbons (Fsp3) is 0.154. The van der Waals surface area contributed by atoms with E-state index in [-0.39, 0.29) is 0 Å². The van der Waals surface area contributed by atoms with Crippen LogP contribution in [0.5, 0.6) is 0 Å². The third-order valence-corrected chi connectivity index (χ3v) is 4.27. The van der Waals surface area contributed by atoms with E-state index in [9.17, 15) is 0 Å². The summed E-state index contributed by atoms with van der Waals surface area (Å²) in [5.74, 6) is 0.861. The maximum atomic E-state index is 6.01. The lowest BCUT2D eigenvalue weighted by Gasteiger charge is -1.99. The number of nitrogen functional groups attached to an aromatic ring is 1. The molecule has 0 aliphatic heterocycles. The minimum Gasteiger partial charge on any atom is -0.389 e. The number of aromatic nitrogens is 1. The third kappa shape index (κ3) is 2.90. The normalized spacial score (nSPS) is 10.4. The molecule has 17 heavy (non-hydrogen) atoms. The van der Waals surface area contributed by atoms with Crippen LogP contribution in [0.25, 0.3) is 11.3 Å². The highest BCUT2D eigenvalue weighted by atomic mass is 32.2. The van der Waals surface area contributed by atoms with Crippen molar-refractivity contribution in [3.8, 4) is 11.3 Å². The molecule has 0 atom stereocenters. The van der Waals surface area contributed by atoms with Gasteiger partial charge in [-0.05, 0) is 13.0 Å². The quantitative estimate of drug-likeness (QED) is 0.669. The number of rotatable bonds is 4. The van der Waals surface area contributed by atoms with Gasteiger partial charge in [0.05, 0.1) is 0 Å². The zero-order valence-corrected chi connectivity index (χ0v) is 11.3. The molecule has 2 N–H and O–H groups in total. The maximum absolute atomic E-state index is 6.01. The lowest BCUT2D eigenvalue weighted by molar-refractivity contribution is 1.25. The molecule has 0 fully saturated rings. The Morgan fingerprint density at radius 2 is 2.35 bits per heavy atom. The number of nitrogens with two attached hydrogens (primary N) is 1. The first-order valence-corrected chi connectivity index (χ1v) is 7.08. The number of benzene rings is 1. The molecule has 0 saturated heterocycles. The number of hydrogen-bond acceptors (Lipinski definition) is 4. The Hall–Kier alpha value is -1.26. The molecule has 1 aromatic carbocycles. The minimum atomic E-state index is 0.780.